The first kappa shape index (κ1) is 33.3. The molecule has 38 heavy (non-hydrogen) atoms. The maximum atomic E-state index is 13.3. The van der Waals surface area contributed by atoms with Crippen LogP contribution in [0.25, 0.3) is 11.0 Å². The van der Waals surface area contributed by atoms with Gasteiger partial charge in [0.15, 0.2) is 0 Å². The quantitative estimate of drug-likeness (QED) is 0.206. The fourth-order valence-corrected chi connectivity index (χ4v) is 5.45. The van der Waals surface area contributed by atoms with Crippen molar-refractivity contribution in [2.75, 3.05) is 33.7 Å². The van der Waals surface area contributed by atoms with Gasteiger partial charge in [0, 0.05) is 44.6 Å². The van der Waals surface area contributed by atoms with Gasteiger partial charge in [-0.1, -0.05) is 31.2 Å². The number of carboxylic acid groups (broad SMARTS) is 1. The zero-order chi connectivity index (χ0) is 26.5. The molecule has 0 atom stereocenters. The molecule has 0 radical (unpaired) electrons. The van der Waals surface area contributed by atoms with Gasteiger partial charge in [0.05, 0.1) is 15.9 Å². The second-order valence-corrected chi connectivity index (χ2v) is 10.9. The summed E-state index contributed by atoms with van der Waals surface area (Å²) in [7, 11) is 0.109. The normalized spacial score (nSPS) is 11.4. The molecular formula is C25H36Cl2N6O4S. The van der Waals surface area contributed by atoms with Gasteiger partial charge in [-0.05, 0) is 44.3 Å². The minimum absolute atomic E-state index is 0. The van der Waals surface area contributed by atoms with E-state index in [1.165, 1.54) is 4.31 Å². The summed E-state index contributed by atoms with van der Waals surface area (Å²) >= 11 is 0. The van der Waals surface area contributed by atoms with Crippen LogP contribution in [-0.2, 0) is 27.8 Å². The zero-order valence-corrected chi connectivity index (χ0v) is 24.2. The molecule has 1 aromatic heterocycles. The average molecular weight is 588 g/mol. The van der Waals surface area contributed by atoms with E-state index in [1.807, 2.05) is 42.6 Å². The molecule has 0 saturated carbocycles. The van der Waals surface area contributed by atoms with Crippen LogP contribution in [0.4, 0.5) is 0 Å². The molecule has 2 aromatic carbocycles. The molecular weight excluding hydrogens is 551 g/mol. The third-order valence-electron chi connectivity index (χ3n) is 5.99. The van der Waals surface area contributed by atoms with Crippen molar-refractivity contribution in [3.8, 4) is 0 Å². The number of nitrogens with two attached hydrogens (primary N) is 1. The Morgan fingerprint density at radius 1 is 1.11 bits per heavy atom. The number of halogens is 2. The fraction of sp³-hybridized carbons (Fsp3) is 0.400. The van der Waals surface area contributed by atoms with Crippen molar-refractivity contribution in [2.24, 2.45) is 5.73 Å². The number of likely N-dealkylation sites (N-methyl/N-ethyl adjacent to an activating group) is 2. The number of rotatable bonds is 13. The number of fused-ring (bicyclic) bond motifs is 1. The highest BCUT2D eigenvalue weighted by molar-refractivity contribution is 7.89. The number of nitrogen functional groups attached to an aromatic ring is 1. The Morgan fingerprint density at radius 3 is 2.32 bits per heavy atom. The van der Waals surface area contributed by atoms with Gasteiger partial charge in [-0.25, -0.2) is 13.4 Å². The molecule has 4 N–H and O–H groups in total. The van der Waals surface area contributed by atoms with Crippen LogP contribution in [0.1, 0.15) is 36.7 Å². The molecule has 0 aliphatic carbocycles. The van der Waals surface area contributed by atoms with E-state index < -0.39 is 16.0 Å². The highest BCUT2D eigenvalue weighted by Crippen LogP contribution is 2.25. The number of aliphatic carboxylic acids is 1. The van der Waals surface area contributed by atoms with Gasteiger partial charge in [-0.3, -0.25) is 10.2 Å². The number of aromatic nitrogens is 2. The van der Waals surface area contributed by atoms with E-state index in [0.29, 0.717) is 55.9 Å². The predicted octanol–water partition coefficient (Wildman–Crippen LogP) is 3.19. The van der Waals surface area contributed by atoms with Crippen molar-refractivity contribution in [1.29, 1.82) is 5.41 Å². The highest BCUT2D eigenvalue weighted by atomic mass is 35.5. The van der Waals surface area contributed by atoms with E-state index in [0.717, 1.165) is 11.1 Å². The van der Waals surface area contributed by atoms with Crippen LogP contribution in [-0.4, -0.2) is 77.8 Å². The summed E-state index contributed by atoms with van der Waals surface area (Å²) in [6, 6.07) is 12.2. The van der Waals surface area contributed by atoms with Gasteiger partial charge >= 0.3 is 5.97 Å². The molecule has 0 spiro atoms. The molecule has 0 unspecified atom stereocenters. The summed E-state index contributed by atoms with van der Waals surface area (Å²) < 4.78 is 30.0. The van der Waals surface area contributed by atoms with Crippen LogP contribution in [0.15, 0.2) is 47.4 Å². The standard InChI is InChI=1S/C25H34N6O4S.2ClH/c1-4-30(15-14-29(2)3)36(34,35)20-11-12-22-21(17-20)28-23(31(22)13-5-6-24(32)33)16-18-7-9-19(10-8-18)25(26)27;;/h7-12,17H,4-6,13-16H2,1-3H3,(H3,26,27)(H,32,33);2*1H. The Kier molecular flexibility index (Phi) is 12.7. The minimum Gasteiger partial charge on any atom is -0.481 e. The van der Waals surface area contributed by atoms with E-state index in [1.54, 1.807) is 30.3 Å². The lowest BCUT2D eigenvalue weighted by atomic mass is 10.1. The van der Waals surface area contributed by atoms with Crippen molar-refractivity contribution >= 4 is 57.7 Å². The van der Waals surface area contributed by atoms with Crippen molar-refractivity contribution in [2.45, 2.75) is 37.6 Å². The minimum atomic E-state index is -3.69. The van der Waals surface area contributed by atoms with Gasteiger partial charge in [-0.15, -0.1) is 24.8 Å². The summed E-state index contributed by atoms with van der Waals surface area (Å²) in [6.07, 6.45) is 0.910. The van der Waals surface area contributed by atoms with Gasteiger partial charge in [0.25, 0.3) is 0 Å². The third-order valence-corrected chi connectivity index (χ3v) is 7.96. The Hall–Kier alpha value is -2.70. The number of sulfonamides is 1. The van der Waals surface area contributed by atoms with Crippen LogP contribution in [0.3, 0.4) is 0 Å². The molecule has 1 heterocycles. The number of aryl methyl sites for hydroxylation is 1. The van der Waals surface area contributed by atoms with Crippen molar-refractivity contribution in [3.63, 3.8) is 0 Å². The maximum absolute atomic E-state index is 13.3. The van der Waals surface area contributed by atoms with Gasteiger partial charge in [-0.2, -0.15) is 4.31 Å². The first-order valence-electron chi connectivity index (χ1n) is 11.8. The molecule has 210 valence electrons. The van der Waals surface area contributed by atoms with Crippen molar-refractivity contribution < 1.29 is 18.3 Å². The van der Waals surface area contributed by atoms with Crippen LogP contribution in [0.2, 0.25) is 0 Å². The Labute approximate surface area is 236 Å². The van der Waals surface area contributed by atoms with E-state index in [4.69, 9.17) is 21.2 Å². The summed E-state index contributed by atoms with van der Waals surface area (Å²) in [5, 5.41) is 16.6. The SMILES string of the molecule is CCN(CCN(C)C)S(=O)(=O)c1ccc2c(c1)nc(Cc1ccc(C(=N)N)cc1)n2CCCC(=O)O.Cl.Cl. The lowest BCUT2D eigenvalue weighted by molar-refractivity contribution is -0.137. The smallest absolute Gasteiger partial charge is 0.303 e. The van der Waals surface area contributed by atoms with E-state index >= 15 is 0 Å². The first-order valence-corrected chi connectivity index (χ1v) is 13.3. The number of nitrogens with zero attached hydrogens (tertiary/aromatic N) is 4. The number of carbonyl (C=O) groups is 1. The second kappa shape index (κ2) is 14.5. The van der Waals surface area contributed by atoms with Gasteiger partial charge in [0.1, 0.15) is 11.7 Å². The van der Waals surface area contributed by atoms with Gasteiger partial charge in [0.2, 0.25) is 10.0 Å². The average Bonchev–Trinajstić information content (AvgIpc) is 3.15. The van der Waals surface area contributed by atoms with Crippen molar-refractivity contribution in [3.05, 3.63) is 59.4 Å². The monoisotopic (exact) mass is 586 g/mol. The lowest BCUT2D eigenvalue weighted by Crippen LogP contribution is -2.36. The molecule has 3 rings (SSSR count). The predicted molar refractivity (Wildman–Crippen MR) is 154 cm³/mol. The molecule has 0 fully saturated rings. The summed E-state index contributed by atoms with van der Waals surface area (Å²) in [5.74, 6) is -0.171. The van der Waals surface area contributed by atoms with Crippen LogP contribution < -0.4 is 5.73 Å². The Morgan fingerprint density at radius 2 is 1.76 bits per heavy atom. The lowest BCUT2D eigenvalue weighted by Gasteiger charge is -2.22. The highest BCUT2D eigenvalue weighted by Gasteiger charge is 2.24. The molecule has 10 nitrogen and oxygen atoms in total. The Balaban J connectivity index is 0.00000361. The summed E-state index contributed by atoms with van der Waals surface area (Å²) in [5.41, 5.74) is 8.42. The largest absolute Gasteiger partial charge is 0.481 e. The molecule has 0 saturated heterocycles. The third kappa shape index (κ3) is 8.15. The molecule has 0 amide bonds. The van der Waals surface area contributed by atoms with Gasteiger partial charge < -0.3 is 20.3 Å². The second-order valence-electron chi connectivity index (χ2n) is 8.91. The molecule has 3 aromatic rings. The summed E-state index contributed by atoms with van der Waals surface area (Å²) in [6.45, 7) is 3.62. The van der Waals surface area contributed by atoms with Crippen LogP contribution in [0.5, 0.6) is 0 Å². The van der Waals surface area contributed by atoms with Crippen LogP contribution >= 0.6 is 24.8 Å². The maximum Gasteiger partial charge on any atom is 0.303 e. The number of benzene rings is 2. The fourth-order valence-electron chi connectivity index (χ4n) is 3.99. The zero-order valence-electron chi connectivity index (χ0n) is 21.8. The number of hydrogen-bond acceptors (Lipinski definition) is 6. The molecule has 0 bridgehead atoms. The number of carboxylic acids is 1. The van der Waals surface area contributed by atoms with Crippen molar-refractivity contribution in [1.82, 2.24) is 18.8 Å². The first-order chi connectivity index (χ1) is 17.0. The van der Waals surface area contributed by atoms with E-state index in [-0.39, 0.29) is 42.0 Å². The Bertz CT molecular complexity index is 1340. The topological polar surface area (TPSA) is 146 Å². The molecule has 0 aliphatic heterocycles. The number of amidine groups is 1. The summed E-state index contributed by atoms with van der Waals surface area (Å²) in [4.78, 5) is 17.9. The number of imidazole rings is 1. The molecule has 0 aliphatic rings. The van der Waals surface area contributed by atoms with E-state index in [2.05, 4.69) is 0 Å². The number of nitrogens with one attached hydrogen (secondary N) is 1. The van der Waals surface area contributed by atoms with Crippen LogP contribution in [0, 0.1) is 5.41 Å². The van der Waals surface area contributed by atoms with E-state index in [9.17, 15) is 13.2 Å². The molecule has 13 heteroatoms. The number of hydrogen-bond donors (Lipinski definition) is 3.